The highest BCUT2D eigenvalue weighted by Gasteiger charge is 2.20. The van der Waals surface area contributed by atoms with Crippen LogP contribution in [-0.2, 0) is 11.2 Å². The van der Waals surface area contributed by atoms with Gasteiger partial charge in [-0.3, -0.25) is 9.69 Å². The molecule has 0 heterocycles. The summed E-state index contributed by atoms with van der Waals surface area (Å²) in [6.07, 6.45) is 7.18. The summed E-state index contributed by atoms with van der Waals surface area (Å²) in [6.45, 7) is 0.463. The second-order valence-corrected chi connectivity index (χ2v) is 7.07. The van der Waals surface area contributed by atoms with Crippen molar-refractivity contribution in [3.63, 3.8) is 0 Å². The quantitative estimate of drug-likeness (QED) is 0.843. The largest absolute Gasteiger partial charge is 0.325 e. The third-order valence-corrected chi connectivity index (χ3v) is 5.12. The Kier molecular flexibility index (Phi) is 6.24. The molecule has 0 radical (unpaired) electrons. The first-order valence-electron chi connectivity index (χ1n) is 9.34. The van der Waals surface area contributed by atoms with Gasteiger partial charge in [0.25, 0.3) is 0 Å². The fourth-order valence-corrected chi connectivity index (χ4v) is 3.68. The molecule has 25 heavy (non-hydrogen) atoms. The molecule has 2 aromatic rings. The molecule has 1 aliphatic rings. The Labute approximate surface area is 151 Å². The van der Waals surface area contributed by atoms with Crippen molar-refractivity contribution in [1.29, 1.82) is 0 Å². The van der Waals surface area contributed by atoms with Gasteiger partial charge >= 0.3 is 0 Å². The lowest BCUT2D eigenvalue weighted by atomic mass is 9.94. The smallest absolute Gasteiger partial charge is 0.238 e. The molecular weight excluding hydrogens is 308 g/mol. The first kappa shape index (κ1) is 17.7. The van der Waals surface area contributed by atoms with Gasteiger partial charge in [-0.15, -0.1) is 0 Å². The molecule has 1 fully saturated rings. The fraction of sp³-hybridized carbons (Fsp3) is 0.409. The van der Waals surface area contributed by atoms with Crippen LogP contribution < -0.4 is 5.32 Å². The van der Waals surface area contributed by atoms with E-state index in [1.165, 1.54) is 37.7 Å². The van der Waals surface area contributed by atoms with Gasteiger partial charge in [-0.2, -0.15) is 0 Å². The minimum Gasteiger partial charge on any atom is -0.325 e. The van der Waals surface area contributed by atoms with Crippen LogP contribution in [0.5, 0.6) is 0 Å². The van der Waals surface area contributed by atoms with Gasteiger partial charge in [-0.25, -0.2) is 0 Å². The van der Waals surface area contributed by atoms with Crippen LogP contribution in [0.25, 0.3) is 0 Å². The van der Waals surface area contributed by atoms with Crippen molar-refractivity contribution in [2.45, 2.75) is 44.6 Å². The molecule has 0 bridgehead atoms. The maximum absolute atomic E-state index is 12.5. The van der Waals surface area contributed by atoms with Crippen molar-refractivity contribution in [3.8, 4) is 0 Å². The number of hydrogen-bond donors (Lipinski definition) is 1. The monoisotopic (exact) mass is 336 g/mol. The number of hydrogen-bond acceptors (Lipinski definition) is 2. The number of likely N-dealkylation sites (N-methyl/N-ethyl adjacent to an activating group) is 1. The van der Waals surface area contributed by atoms with E-state index in [0.29, 0.717) is 12.6 Å². The number of carbonyl (C=O) groups is 1. The number of nitrogens with zero attached hydrogens (tertiary/aromatic N) is 1. The van der Waals surface area contributed by atoms with Gasteiger partial charge in [0.1, 0.15) is 0 Å². The van der Waals surface area contributed by atoms with Crippen molar-refractivity contribution in [3.05, 3.63) is 65.7 Å². The van der Waals surface area contributed by atoms with Crippen LogP contribution in [0.1, 0.15) is 43.2 Å². The molecule has 2 aromatic carbocycles. The summed E-state index contributed by atoms with van der Waals surface area (Å²) in [7, 11) is 2.07. The average Bonchev–Trinajstić information content (AvgIpc) is 2.65. The third kappa shape index (κ3) is 5.17. The molecule has 0 atom stereocenters. The molecule has 3 rings (SSSR count). The van der Waals surface area contributed by atoms with Crippen molar-refractivity contribution in [2.75, 3.05) is 18.9 Å². The van der Waals surface area contributed by atoms with Gasteiger partial charge in [-0.05, 0) is 43.5 Å². The lowest BCUT2D eigenvalue weighted by Crippen LogP contribution is -2.39. The predicted octanol–water partition coefficient (Wildman–Crippen LogP) is 4.48. The van der Waals surface area contributed by atoms with Gasteiger partial charge in [0.2, 0.25) is 5.91 Å². The van der Waals surface area contributed by atoms with Crippen LogP contribution in [0.3, 0.4) is 0 Å². The van der Waals surface area contributed by atoms with Crippen molar-refractivity contribution in [1.82, 2.24) is 4.90 Å². The molecular formula is C22H28N2O. The van der Waals surface area contributed by atoms with Crippen LogP contribution in [0.4, 0.5) is 5.69 Å². The first-order valence-corrected chi connectivity index (χ1v) is 9.34. The Hall–Kier alpha value is -2.13. The summed E-state index contributed by atoms with van der Waals surface area (Å²) >= 11 is 0. The van der Waals surface area contributed by atoms with E-state index < -0.39 is 0 Å². The molecule has 1 saturated carbocycles. The van der Waals surface area contributed by atoms with E-state index in [4.69, 9.17) is 0 Å². The van der Waals surface area contributed by atoms with E-state index in [1.807, 2.05) is 24.3 Å². The SMILES string of the molecule is CN(CC(=O)Nc1ccccc1Cc1ccccc1)C1CCCCC1. The maximum atomic E-state index is 12.5. The van der Waals surface area contributed by atoms with Crippen LogP contribution in [0.2, 0.25) is 0 Å². The van der Waals surface area contributed by atoms with E-state index in [-0.39, 0.29) is 5.91 Å². The second kappa shape index (κ2) is 8.82. The average molecular weight is 336 g/mol. The summed E-state index contributed by atoms with van der Waals surface area (Å²) < 4.78 is 0. The van der Waals surface area contributed by atoms with Crippen LogP contribution in [0.15, 0.2) is 54.6 Å². The van der Waals surface area contributed by atoms with Gasteiger partial charge < -0.3 is 5.32 Å². The topological polar surface area (TPSA) is 32.3 Å². The highest BCUT2D eigenvalue weighted by Crippen LogP contribution is 2.22. The van der Waals surface area contributed by atoms with Crippen molar-refractivity contribution in [2.24, 2.45) is 0 Å². The minimum atomic E-state index is 0.0774. The number of benzene rings is 2. The van der Waals surface area contributed by atoms with Gasteiger partial charge in [0.15, 0.2) is 0 Å². The zero-order chi connectivity index (χ0) is 17.5. The predicted molar refractivity (Wildman–Crippen MR) is 104 cm³/mol. The number of amides is 1. The molecule has 3 nitrogen and oxygen atoms in total. The van der Waals surface area contributed by atoms with E-state index in [2.05, 4.69) is 47.6 Å². The summed E-state index contributed by atoms with van der Waals surface area (Å²) in [5.41, 5.74) is 3.33. The molecule has 1 N–H and O–H groups in total. The molecule has 1 aliphatic carbocycles. The standard InChI is InChI=1S/C22H28N2O/c1-24(20-13-6-3-7-14-20)17-22(25)23-21-15-9-8-12-19(21)16-18-10-4-2-5-11-18/h2,4-5,8-12,15,20H,3,6-7,13-14,16-17H2,1H3,(H,23,25). The summed E-state index contributed by atoms with van der Waals surface area (Å²) in [4.78, 5) is 14.7. The van der Waals surface area contributed by atoms with E-state index in [0.717, 1.165) is 17.7 Å². The number of rotatable bonds is 6. The molecule has 132 valence electrons. The summed E-state index contributed by atoms with van der Waals surface area (Å²) in [5, 5.41) is 3.12. The number of carbonyl (C=O) groups excluding carboxylic acids is 1. The van der Waals surface area contributed by atoms with Gasteiger partial charge in [-0.1, -0.05) is 67.8 Å². The van der Waals surface area contributed by atoms with Gasteiger partial charge in [0.05, 0.1) is 6.54 Å². The molecule has 1 amide bonds. The van der Waals surface area contributed by atoms with Crippen LogP contribution in [0, 0.1) is 0 Å². The highest BCUT2D eigenvalue weighted by atomic mass is 16.2. The van der Waals surface area contributed by atoms with Crippen molar-refractivity contribution >= 4 is 11.6 Å². The minimum absolute atomic E-state index is 0.0774. The van der Waals surface area contributed by atoms with E-state index in [9.17, 15) is 4.79 Å². The Balaban J connectivity index is 1.61. The third-order valence-electron chi connectivity index (χ3n) is 5.12. The van der Waals surface area contributed by atoms with Gasteiger partial charge in [0, 0.05) is 11.7 Å². The summed E-state index contributed by atoms with van der Waals surface area (Å²) in [5.74, 6) is 0.0774. The van der Waals surface area contributed by atoms with Crippen LogP contribution >= 0.6 is 0 Å². The first-order chi connectivity index (χ1) is 12.2. The lowest BCUT2D eigenvalue weighted by Gasteiger charge is -2.30. The Morgan fingerprint density at radius 2 is 1.68 bits per heavy atom. The highest BCUT2D eigenvalue weighted by molar-refractivity contribution is 5.93. The van der Waals surface area contributed by atoms with E-state index in [1.54, 1.807) is 0 Å². The van der Waals surface area contributed by atoms with E-state index >= 15 is 0 Å². The maximum Gasteiger partial charge on any atom is 0.238 e. The normalized spacial score (nSPS) is 15.3. The number of nitrogens with one attached hydrogen (secondary N) is 1. The number of anilines is 1. The Morgan fingerprint density at radius 3 is 2.44 bits per heavy atom. The zero-order valence-electron chi connectivity index (χ0n) is 15.1. The second-order valence-electron chi connectivity index (χ2n) is 7.07. The Morgan fingerprint density at radius 1 is 1.00 bits per heavy atom. The molecule has 0 saturated heterocycles. The Bertz CT molecular complexity index is 677. The zero-order valence-corrected chi connectivity index (χ0v) is 15.1. The molecule has 0 unspecified atom stereocenters. The summed E-state index contributed by atoms with van der Waals surface area (Å²) in [6, 6.07) is 19.0. The van der Waals surface area contributed by atoms with Crippen molar-refractivity contribution < 1.29 is 4.79 Å². The number of para-hydroxylation sites is 1. The van der Waals surface area contributed by atoms with Crippen LogP contribution in [-0.4, -0.2) is 30.4 Å². The molecule has 0 spiro atoms. The molecule has 0 aromatic heterocycles. The lowest BCUT2D eigenvalue weighted by molar-refractivity contribution is -0.117. The molecule has 3 heteroatoms. The molecule has 0 aliphatic heterocycles. The fourth-order valence-electron chi connectivity index (χ4n) is 3.68.